The van der Waals surface area contributed by atoms with Gasteiger partial charge in [0.1, 0.15) is 0 Å². The molecule has 1 N–H and O–H groups in total. The summed E-state index contributed by atoms with van der Waals surface area (Å²) in [7, 11) is 1.40. The molecule has 2 heterocycles. The van der Waals surface area contributed by atoms with Gasteiger partial charge in [0.2, 0.25) is 5.95 Å². The molecule has 1 amide bonds. The molecule has 1 saturated heterocycles. The topological polar surface area (TPSA) is 80.2 Å². The van der Waals surface area contributed by atoms with E-state index in [1.165, 1.54) is 7.11 Å². The molecule has 26 heavy (non-hydrogen) atoms. The number of anilines is 1. The molecule has 2 aromatic rings. The second-order valence-corrected chi connectivity index (χ2v) is 5.64. The van der Waals surface area contributed by atoms with Crippen LogP contribution in [0.15, 0.2) is 12.1 Å². The number of aromatic nitrogens is 3. The number of halogens is 3. The number of hydrogen-bond acceptors (Lipinski definition) is 6. The fourth-order valence-corrected chi connectivity index (χ4v) is 2.57. The molecule has 0 unspecified atom stereocenters. The van der Waals surface area contributed by atoms with Gasteiger partial charge in [0.25, 0.3) is 5.91 Å². The number of hydrogen-bond donors (Lipinski definition) is 1. The molecule has 10 heteroatoms. The Labute approximate surface area is 147 Å². The molecule has 0 saturated carbocycles. The zero-order valence-corrected chi connectivity index (χ0v) is 13.9. The van der Waals surface area contributed by atoms with E-state index >= 15 is 0 Å². The molecule has 138 valence electrons. The minimum absolute atomic E-state index is 0.0881. The fourth-order valence-electron chi connectivity index (χ4n) is 2.57. The number of carbonyl (C=O) groups is 1. The standard InChI is InChI=1S/C16H16F3N5O2/c1-26-16-22-11(21-15(23-16)24-6-2-3-7-24)8-20-14(25)9-4-5-10(17)13(19)12(9)18/h4-5H,2-3,6-8H2,1H3,(H,20,25). The van der Waals surface area contributed by atoms with Gasteiger partial charge in [0.05, 0.1) is 19.2 Å². The molecule has 0 radical (unpaired) electrons. The first-order valence-electron chi connectivity index (χ1n) is 7.95. The summed E-state index contributed by atoms with van der Waals surface area (Å²) in [5, 5.41) is 2.38. The summed E-state index contributed by atoms with van der Waals surface area (Å²) < 4.78 is 44.9. The Bertz CT molecular complexity index is 828. The van der Waals surface area contributed by atoms with E-state index in [-0.39, 0.29) is 18.4 Å². The van der Waals surface area contributed by atoms with Crippen LogP contribution in [0.5, 0.6) is 6.01 Å². The number of nitrogens with zero attached hydrogens (tertiary/aromatic N) is 4. The van der Waals surface area contributed by atoms with E-state index in [9.17, 15) is 18.0 Å². The number of benzene rings is 1. The Morgan fingerprint density at radius 2 is 1.88 bits per heavy atom. The maximum atomic E-state index is 13.7. The average Bonchev–Trinajstić information content (AvgIpc) is 3.19. The quantitative estimate of drug-likeness (QED) is 0.813. The molecule has 1 aromatic heterocycles. The third kappa shape index (κ3) is 3.68. The molecule has 0 atom stereocenters. The molecular weight excluding hydrogens is 351 g/mol. The number of carbonyl (C=O) groups excluding carboxylic acids is 1. The van der Waals surface area contributed by atoms with E-state index in [1.807, 2.05) is 4.90 Å². The number of rotatable bonds is 5. The van der Waals surface area contributed by atoms with E-state index in [2.05, 4.69) is 20.3 Å². The molecule has 3 rings (SSSR count). The van der Waals surface area contributed by atoms with Gasteiger partial charge in [-0.2, -0.15) is 15.0 Å². The lowest BCUT2D eigenvalue weighted by molar-refractivity contribution is 0.0944. The first-order chi connectivity index (χ1) is 12.5. The van der Waals surface area contributed by atoms with Crippen molar-refractivity contribution in [2.45, 2.75) is 19.4 Å². The molecule has 1 aliphatic rings. The van der Waals surface area contributed by atoms with Crippen molar-refractivity contribution in [3.8, 4) is 6.01 Å². The van der Waals surface area contributed by atoms with Crippen LogP contribution >= 0.6 is 0 Å². The van der Waals surface area contributed by atoms with Gasteiger partial charge in [-0.15, -0.1) is 0 Å². The summed E-state index contributed by atoms with van der Waals surface area (Å²) in [6.07, 6.45) is 2.05. The molecular formula is C16H16F3N5O2. The molecule has 0 bridgehead atoms. The third-order valence-corrected chi connectivity index (χ3v) is 3.91. The Morgan fingerprint density at radius 1 is 1.15 bits per heavy atom. The van der Waals surface area contributed by atoms with E-state index in [0.717, 1.165) is 32.0 Å². The van der Waals surface area contributed by atoms with Crippen molar-refractivity contribution in [1.82, 2.24) is 20.3 Å². The molecule has 0 aliphatic carbocycles. The summed E-state index contributed by atoms with van der Waals surface area (Å²) in [4.78, 5) is 26.5. The largest absolute Gasteiger partial charge is 0.467 e. The van der Waals surface area contributed by atoms with Crippen LogP contribution < -0.4 is 15.0 Å². The van der Waals surface area contributed by atoms with Crippen molar-refractivity contribution >= 4 is 11.9 Å². The van der Waals surface area contributed by atoms with Crippen LogP contribution in [0.1, 0.15) is 29.0 Å². The summed E-state index contributed by atoms with van der Waals surface area (Å²) in [6, 6.07) is 1.64. The fraction of sp³-hybridized carbons (Fsp3) is 0.375. The number of amides is 1. The van der Waals surface area contributed by atoms with Crippen molar-refractivity contribution < 1.29 is 22.7 Å². The van der Waals surface area contributed by atoms with Gasteiger partial charge in [-0.1, -0.05) is 0 Å². The predicted molar refractivity (Wildman–Crippen MR) is 85.3 cm³/mol. The van der Waals surface area contributed by atoms with Crippen LogP contribution in [-0.4, -0.2) is 41.1 Å². The van der Waals surface area contributed by atoms with Gasteiger partial charge in [-0.3, -0.25) is 4.79 Å². The lowest BCUT2D eigenvalue weighted by Crippen LogP contribution is -2.27. The first-order valence-corrected chi connectivity index (χ1v) is 7.95. The second-order valence-electron chi connectivity index (χ2n) is 5.64. The highest BCUT2D eigenvalue weighted by molar-refractivity contribution is 5.94. The summed E-state index contributed by atoms with van der Waals surface area (Å²) in [6.45, 7) is 1.45. The zero-order valence-electron chi connectivity index (χ0n) is 13.9. The lowest BCUT2D eigenvalue weighted by Gasteiger charge is -2.16. The summed E-state index contributed by atoms with van der Waals surface area (Å²) in [5.74, 6) is -4.89. The van der Waals surface area contributed by atoms with Crippen LogP contribution in [-0.2, 0) is 6.54 Å². The highest BCUT2D eigenvalue weighted by Crippen LogP contribution is 2.18. The van der Waals surface area contributed by atoms with Crippen molar-refractivity contribution in [3.63, 3.8) is 0 Å². The zero-order chi connectivity index (χ0) is 18.7. The van der Waals surface area contributed by atoms with Crippen molar-refractivity contribution in [2.24, 2.45) is 0 Å². The number of methoxy groups -OCH3 is 1. The molecule has 1 fully saturated rings. The van der Waals surface area contributed by atoms with Gasteiger partial charge in [-0.25, -0.2) is 13.2 Å². The Kier molecular flexibility index (Phi) is 5.19. The maximum absolute atomic E-state index is 13.7. The minimum Gasteiger partial charge on any atom is -0.467 e. The van der Waals surface area contributed by atoms with Crippen LogP contribution in [0.2, 0.25) is 0 Å². The lowest BCUT2D eigenvalue weighted by atomic mass is 10.2. The molecule has 7 nitrogen and oxygen atoms in total. The smallest absolute Gasteiger partial charge is 0.321 e. The molecule has 0 spiro atoms. The predicted octanol–water partition coefficient (Wildman–Crippen LogP) is 1.83. The van der Waals surface area contributed by atoms with Crippen LogP contribution in [0.4, 0.5) is 19.1 Å². The maximum Gasteiger partial charge on any atom is 0.321 e. The van der Waals surface area contributed by atoms with Crippen molar-refractivity contribution in [2.75, 3.05) is 25.1 Å². The summed E-state index contributed by atoms with van der Waals surface area (Å²) >= 11 is 0. The van der Waals surface area contributed by atoms with Crippen molar-refractivity contribution in [3.05, 3.63) is 41.0 Å². The SMILES string of the molecule is COc1nc(CNC(=O)c2ccc(F)c(F)c2F)nc(N2CCCC2)n1. The highest BCUT2D eigenvalue weighted by Gasteiger charge is 2.20. The minimum atomic E-state index is -1.70. The van der Waals surface area contributed by atoms with Crippen LogP contribution in [0.25, 0.3) is 0 Å². The highest BCUT2D eigenvalue weighted by atomic mass is 19.2. The van der Waals surface area contributed by atoms with Crippen molar-refractivity contribution in [1.29, 1.82) is 0 Å². The van der Waals surface area contributed by atoms with E-state index in [1.54, 1.807) is 0 Å². The second kappa shape index (κ2) is 7.54. The van der Waals surface area contributed by atoms with Gasteiger partial charge < -0.3 is 15.0 Å². The average molecular weight is 367 g/mol. The number of nitrogens with one attached hydrogen (secondary N) is 1. The molecule has 1 aromatic carbocycles. The monoisotopic (exact) mass is 367 g/mol. The van der Waals surface area contributed by atoms with Gasteiger partial charge in [-0.05, 0) is 25.0 Å². The molecule has 1 aliphatic heterocycles. The van der Waals surface area contributed by atoms with Gasteiger partial charge in [0.15, 0.2) is 23.3 Å². The third-order valence-electron chi connectivity index (χ3n) is 3.91. The van der Waals surface area contributed by atoms with Gasteiger partial charge >= 0.3 is 6.01 Å². The Morgan fingerprint density at radius 3 is 2.58 bits per heavy atom. The van der Waals surface area contributed by atoms with Crippen LogP contribution in [0, 0.1) is 17.5 Å². The Hall–Kier alpha value is -2.91. The van der Waals surface area contributed by atoms with E-state index < -0.39 is 28.9 Å². The number of ether oxygens (including phenoxy) is 1. The Balaban J connectivity index is 1.75. The van der Waals surface area contributed by atoms with Gasteiger partial charge in [0, 0.05) is 13.1 Å². The van der Waals surface area contributed by atoms with Crippen LogP contribution in [0.3, 0.4) is 0 Å². The normalized spacial score (nSPS) is 13.8. The van der Waals surface area contributed by atoms with E-state index in [0.29, 0.717) is 12.0 Å². The summed E-state index contributed by atoms with van der Waals surface area (Å²) in [5.41, 5.74) is -0.607. The van der Waals surface area contributed by atoms with E-state index in [4.69, 9.17) is 4.74 Å². The first kappa shape index (κ1) is 17.9.